The molecule has 0 spiro atoms. The normalized spacial score (nSPS) is 28.5. The Morgan fingerprint density at radius 3 is 2.26 bits per heavy atom. The largest absolute Gasteiger partial charge is 0.424 e. The van der Waals surface area contributed by atoms with Crippen LogP contribution in [0.15, 0.2) is 30.3 Å². The van der Waals surface area contributed by atoms with Crippen LogP contribution in [0.4, 0.5) is 0 Å². The molecule has 2 saturated heterocycles. The molecule has 2 nitrogen and oxygen atoms in total. The number of rotatable bonds is 1. The topological polar surface area (TPSA) is 18.5 Å². The van der Waals surface area contributed by atoms with Crippen LogP contribution in [0.1, 0.15) is 25.7 Å². The van der Waals surface area contributed by atoms with E-state index in [9.17, 15) is 0 Å². The highest BCUT2D eigenvalue weighted by molar-refractivity contribution is 6.85. The molecule has 2 aliphatic rings. The van der Waals surface area contributed by atoms with E-state index in [-0.39, 0.29) is 9.76 Å². The second-order valence-electron chi connectivity index (χ2n) is 5.58. The SMILES string of the molecule is C1CC[SiH2]OC1.C[Si]1(c2ccccc2)CCCCO1. The van der Waals surface area contributed by atoms with Gasteiger partial charge in [-0.2, -0.15) is 0 Å². The average Bonchev–Trinajstić information content (AvgIpc) is 2.51. The maximum absolute atomic E-state index is 5.99. The molecule has 3 rings (SSSR count). The van der Waals surface area contributed by atoms with Gasteiger partial charge in [0.1, 0.15) is 0 Å². The summed E-state index contributed by atoms with van der Waals surface area (Å²) in [6.45, 7) is 4.37. The standard InChI is InChI=1S/C11H16OSi.C4H10OSi/c1-13(10-6-5-9-12-13)11-7-3-2-4-8-11;1-2-4-6-5-3-1/h2-4,7-8H,5-6,9-10H2,1H3;1-4,6H2. The van der Waals surface area contributed by atoms with Crippen molar-refractivity contribution in [1.82, 2.24) is 0 Å². The number of hydrogen-bond donors (Lipinski definition) is 0. The molecule has 4 heteroatoms. The van der Waals surface area contributed by atoms with Crippen LogP contribution >= 0.6 is 0 Å². The van der Waals surface area contributed by atoms with Crippen LogP contribution in [0, 0.1) is 0 Å². The first-order chi connectivity index (χ1) is 9.31. The van der Waals surface area contributed by atoms with Gasteiger partial charge in [-0.25, -0.2) is 0 Å². The van der Waals surface area contributed by atoms with Crippen molar-refractivity contribution >= 4 is 23.3 Å². The summed E-state index contributed by atoms with van der Waals surface area (Å²) >= 11 is 0. The summed E-state index contributed by atoms with van der Waals surface area (Å²) in [4.78, 5) is 0. The van der Waals surface area contributed by atoms with Gasteiger partial charge in [0, 0.05) is 13.2 Å². The molecule has 0 N–H and O–H groups in total. The molecule has 1 unspecified atom stereocenters. The molecule has 1 aromatic carbocycles. The Morgan fingerprint density at radius 1 is 1.00 bits per heavy atom. The second-order valence-corrected chi connectivity index (χ2v) is 10.9. The first-order valence-corrected chi connectivity index (χ1v) is 11.8. The highest BCUT2D eigenvalue weighted by atomic mass is 28.4. The van der Waals surface area contributed by atoms with Gasteiger partial charge in [0.25, 0.3) is 0 Å². The molecule has 19 heavy (non-hydrogen) atoms. The van der Waals surface area contributed by atoms with E-state index >= 15 is 0 Å². The van der Waals surface area contributed by atoms with Crippen LogP contribution in [0.5, 0.6) is 0 Å². The fourth-order valence-corrected chi connectivity index (χ4v) is 6.83. The van der Waals surface area contributed by atoms with Crippen LogP contribution in [-0.2, 0) is 8.85 Å². The van der Waals surface area contributed by atoms with Crippen molar-refractivity contribution < 1.29 is 8.85 Å². The number of hydrogen-bond acceptors (Lipinski definition) is 2. The molecule has 0 bridgehead atoms. The van der Waals surface area contributed by atoms with Crippen molar-refractivity contribution in [3.63, 3.8) is 0 Å². The summed E-state index contributed by atoms with van der Waals surface area (Å²) in [7, 11) is -1.50. The van der Waals surface area contributed by atoms with Gasteiger partial charge < -0.3 is 8.85 Å². The lowest BCUT2D eigenvalue weighted by Gasteiger charge is -2.31. The minimum atomic E-state index is -1.51. The Balaban J connectivity index is 0.000000186. The highest BCUT2D eigenvalue weighted by Crippen LogP contribution is 2.21. The maximum Gasteiger partial charge on any atom is 0.221 e. The highest BCUT2D eigenvalue weighted by Gasteiger charge is 2.32. The van der Waals surface area contributed by atoms with Crippen LogP contribution in [0.3, 0.4) is 0 Å². The molecule has 106 valence electrons. The molecular weight excluding hydrogens is 268 g/mol. The van der Waals surface area contributed by atoms with E-state index in [0.717, 1.165) is 13.2 Å². The average molecular weight is 295 g/mol. The summed E-state index contributed by atoms with van der Waals surface area (Å²) in [6.07, 6.45) is 5.34. The summed E-state index contributed by atoms with van der Waals surface area (Å²) < 4.78 is 11.2. The van der Waals surface area contributed by atoms with Crippen LogP contribution in [0.25, 0.3) is 0 Å². The zero-order valence-electron chi connectivity index (χ0n) is 12.1. The molecule has 2 heterocycles. The molecule has 0 saturated carbocycles. The third kappa shape index (κ3) is 4.87. The third-order valence-corrected chi connectivity index (χ3v) is 9.00. The monoisotopic (exact) mass is 294 g/mol. The predicted molar refractivity (Wildman–Crippen MR) is 86.2 cm³/mol. The van der Waals surface area contributed by atoms with Crippen LogP contribution in [-0.4, -0.2) is 31.3 Å². The van der Waals surface area contributed by atoms with E-state index in [1.165, 1.54) is 43.0 Å². The number of benzene rings is 1. The fraction of sp³-hybridized carbons (Fsp3) is 0.600. The van der Waals surface area contributed by atoms with Gasteiger partial charge >= 0.3 is 0 Å². The van der Waals surface area contributed by atoms with Gasteiger partial charge in [-0.1, -0.05) is 43.2 Å². The van der Waals surface area contributed by atoms with Crippen molar-refractivity contribution in [2.75, 3.05) is 13.2 Å². The van der Waals surface area contributed by atoms with Gasteiger partial charge in [-0.05, 0) is 36.7 Å². The van der Waals surface area contributed by atoms with E-state index in [4.69, 9.17) is 8.85 Å². The van der Waals surface area contributed by atoms with Crippen molar-refractivity contribution in [2.45, 2.75) is 44.3 Å². The Morgan fingerprint density at radius 2 is 1.79 bits per heavy atom. The lowest BCUT2D eigenvalue weighted by molar-refractivity contribution is 0.279. The Kier molecular flexibility index (Phi) is 6.30. The molecular formula is C15H26O2Si2. The molecule has 2 aliphatic heterocycles. The van der Waals surface area contributed by atoms with E-state index < -0.39 is 8.32 Å². The van der Waals surface area contributed by atoms with Crippen molar-refractivity contribution in [3.8, 4) is 0 Å². The minimum Gasteiger partial charge on any atom is -0.424 e. The van der Waals surface area contributed by atoms with Crippen LogP contribution in [0.2, 0.25) is 18.6 Å². The Hall–Kier alpha value is -0.426. The van der Waals surface area contributed by atoms with Crippen molar-refractivity contribution in [1.29, 1.82) is 0 Å². The van der Waals surface area contributed by atoms with Crippen molar-refractivity contribution in [3.05, 3.63) is 30.3 Å². The Bertz CT molecular complexity index is 335. The molecule has 2 fully saturated rings. The zero-order chi connectivity index (χ0) is 13.4. The van der Waals surface area contributed by atoms with E-state index in [1.807, 2.05) is 0 Å². The van der Waals surface area contributed by atoms with E-state index in [2.05, 4.69) is 36.9 Å². The first-order valence-electron chi connectivity index (χ1n) is 7.58. The summed E-state index contributed by atoms with van der Waals surface area (Å²) in [6, 6.07) is 13.5. The molecule has 0 aromatic heterocycles. The quantitative estimate of drug-likeness (QED) is 0.741. The summed E-state index contributed by atoms with van der Waals surface area (Å²) in [5, 5.41) is 1.45. The predicted octanol–water partition coefficient (Wildman–Crippen LogP) is 2.58. The molecule has 1 atom stereocenters. The molecule has 0 amide bonds. The fourth-order valence-electron chi connectivity index (χ4n) is 2.64. The first kappa shape index (κ1) is 15.0. The van der Waals surface area contributed by atoms with Crippen molar-refractivity contribution in [2.24, 2.45) is 0 Å². The smallest absolute Gasteiger partial charge is 0.221 e. The molecule has 0 aliphatic carbocycles. The second kappa shape index (κ2) is 7.99. The third-order valence-electron chi connectivity index (χ3n) is 3.93. The zero-order valence-corrected chi connectivity index (χ0v) is 14.5. The molecule has 0 radical (unpaired) electrons. The van der Waals surface area contributed by atoms with E-state index in [0.29, 0.717) is 0 Å². The summed E-state index contributed by atoms with van der Waals surface area (Å²) in [5.74, 6) is 0. The lowest BCUT2D eigenvalue weighted by Crippen LogP contribution is -2.49. The Labute approximate surface area is 120 Å². The van der Waals surface area contributed by atoms with Crippen LogP contribution < -0.4 is 5.19 Å². The van der Waals surface area contributed by atoms with Gasteiger partial charge in [-0.3, -0.25) is 0 Å². The lowest BCUT2D eigenvalue weighted by atomic mass is 10.3. The summed E-state index contributed by atoms with van der Waals surface area (Å²) in [5.41, 5.74) is 0. The van der Waals surface area contributed by atoms with Gasteiger partial charge in [0.2, 0.25) is 8.32 Å². The minimum absolute atomic E-state index is 0.00849. The van der Waals surface area contributed by atoms with Gasteiger partial charge in [0.15, 0.2) is 9.76 Å². The van der Waals surface area contributed by atoms with E-state index in [1.54, 1.807) is 0 Å². The molecule has 1 aromatic rings. The van der Waals surface area contributed by atoms with Gasteiger partial charge in [0.05, 0.1) is 0 Å². The maximum atomic E-state index is 5.99. The van der Waals surface area contributed by atoms with Gasteiger partial charge in [-0.15, -0.1) is 0 Å².